The van der Waals surface area contributed by atoms with Crippen LogP contribution in [-0.2, 0) is 4.79 Å². The standard InChI is InChI=1S/C24H24ClNO4/c1-3-16(24(28)29)13-14-26(23(27)18-7-10-19(25)11-8-18)22-6-4-5-17-9-12-20(30-2)15-21(17)22/h4-12,15-16H,3,13-14H2,1-2H3,(H,28,29). The van der Waals surface area contributed by atoms with E-state index >= 15 is 0 Å². The number of carbonyl (C=O) groups is 2. The topological polar surface area (TPSA) is 66.8 Å². The summed E-state index contributed by atoms with van der Waals surface area (Å²) in [4.78, 5) is 26.6. The number of benzene rings is 3. The highest BCUT2D eigenvalue weighted by atomic mass is 35.5. The molecule has 0 aliphatic carbocycles. The second kappa shape index (κ2) is 9.63. The minimum absolute atomic E-state index is 0.206. The number of carbonyl (C=O) groups excluding carboxylic acids is 1. The van der Waals surface area contributed by atoms with E-state index in [9.17, 15) is 14.7 Å². The first-order valence-corrected chi connectivity index (χ1v) is 10.2. The Morgan fingerprint density at radius 2 is 1.83 bits per heavy atom. The fourth-order valence-corrected chi connectivity index (χ4v) is 3.59. The first kappa shape index (κ1) is 21.7. The zero-order valence-corrected chi connectivity index (χ0v) is 17.7. The molecule has 0 heterocycles. The van der Waals surface area contributed by atoms with Crippen molar-refractivity contribution in [2.45, 2.75) is 19.8 Å². The third kappa shape index (κ3) is 4.74. The molecule has 1 unspecified atom stereocenters. The molecule has 0 fully saturated rings. The van der Waals surface area contributed by atoms with E-state index in [0.29, 0.717) is 34.9 Å². The number of carboxylic acids is 1. The second-order valence-electron chi connectivity index (χ2n) is 7.06. The molecule has 0 spiro atoms. The molecule has 1 amide bonds. The molecule has 156 valence electrons. The Morgan fingerprint density at radius 1 is 1.10 bits per heavy atom. The predicted molar refractivity (Wildman–Crippen MR) is 120 cm³/mol. The summed E-state index contributed by atoms with van der Waals surface area (Å²) in [6.07, 6.45) is 0.854. The van der Waals surface area contributed by atoms with Crippen LogP contribution >= 0.6 is 11.6 Å². The molecular formula is C24H24ClNO4. The lowest BCUT2D eigenvalue weighted by molar-refractivity contribution is -0.141. The van der Waals surface area contributed by atoms with Crippen LogP contribution in [0, 0.1) is 5.92 Å². The van der Waals surface area contributed by atoms with Gasteiger partial charge in [0.1, 0.15) is 5.75 Å². The van der Waals surface area contributed by atoms with Gasteiger partial charge in [-0.05, 0) is 60.7 Å². The monoisotopic (exact) mass is 425 g/mol. The molecule has 0 aromatic heterocycles. The van der Waals surface area contributed by atoms with Crippen LogP contribution in [0.2, 0.25) is 5.02 Å². The SMILES string of the molecule is CCC(CCN(C(=O)c1ccc(Cl)cc1)c1cccc2ccc(OC)cc12)C(=O)O. The quantitative estimate of drug-likeness (QED) is 0.506. The van der Waals surface area contributed by atoms with Gasteiger partial charge in [-0.15, -0.1) is 0 Å². The van der Waals surface area contributed by atoms with Crippen molar-refractivity contribution < 1.29 is 19.4 Å². The number of halogens is 1. The second-order valence-corrected chi connectivity index (χ2v) is 7.50. The van der Waals surface area contributed by atoms with Crippen LogP contribution < -0.4 is 9.64 Å². The summed E-state index contributed by atoms with van der Waals surface area (Å²) < 4.78 is 5.37. The average molecular weight is 426 g/mol. The molecule has 3 rings (SSSR count). The largest absolute Gasteiger partial charge is 0.497 e. The molecule has 3 aromatic carbocycles. The van der Waals surface area contributed by atoms with Gasteiger partial charge < -0.3 is 14.7 Å². The molecule has 0 aliphatic heterocycles. The van der Waals surface area contributed by atoms with E-state index in [1.54, 1.807) is 36.3 Å². The van der Waals surface area contributed by atoms with Gasteiger partial charge in [-0.3, -0.25) is 9.59 Å². The Labute approximate surface area is 180 Å². The molecule has 1 atom stereocenters. The summed E-state index contributed by atoms with van der Waals surface area (Å²) in [5.74, 6) is -0.890. The van der Waals surface area contributed by atoms with E-state index in [-0.39, 0.29) is 12.5 Å². The number of ether oxygens (including phenoxy) is 1. The minimum atomic E-state index is -0.851. The van der Waals surface area contributed by atoms with Gasteiger partial charge in [-0.1, -0.05) is 36.7 Å². The Kier molecular flexibility index (Phi) is 6.95. The summed E-state index contributed by atoms with van der Waals surface area (Å²) >= 11 is 5.98. The van der Waals surface area contributed by atoms with Crippen LogP contribution in [-0.4, -0.2) is 30.6 Å². The normalized spacial score (nSPS) is 11.8. The van der Waals surface area contributed by atoms with Gasteiger partial charge in [0.05, 0.1) is 18.7 Å². The van der Waals surface area contributed by atoms with Gasteiger partial charge in [0, 0.05) is 22.5 Å². The number of methoxy groups -OCH3 is 1. The first-order chi connectivity index (χ1) is 14.4. The number of aliphatic carboxylic acids is 1. The van der Waals surface area contributed by atoms with Crippen LogP contribution in [0.5, 0.6) is 5.75 Å². The first-order valence-electron chi connectivity index (χ1n) is 9.81. The highest BCUT2D eigenvalue weighted by Gasteiger charge is 2.23. The van der Waals surface area contributed by atoms with Crippen molar-refractivity contribution in [3.63, 3.8) is 0 Å². The number of anilines is 1. The van der Waals surface area contributed by atoms with E-state index in [0.717, 1.165) is 10.8 Å². The summed E-state index contributed by atoms with van der Waals surface area (Å²) in [5, 5.41) is 11.8. The van der Waals surface area contributed by atoms with Crippen molar-refractivity contribution >= 4 is 39.9 Å². The van der Waals surface area contributed by atoms with E-state index in [1.165, 1.54) is 0 Å². The number of nitrogens with zero attached hydrogens (tertiary/aromatic N) is 1. The van der Waals surface area contributed by atoms with Gasteiger partial charge in [-0.25, -0.2) is 0 Å². The van der Waals surface area contributed by atoms with Gasteiger partial charge >= 0.3 is 5.97 Å². The van der Waals surface area contributed by atoms with E-state index in [1.807, 2.05) is 43.3 Å². The van der Waals surface area contributed by atoms with Crippen molar-refractivity contribution in [3.8, 4) is 5.75 Å². The lowest BCUT2D eigenvalue weighted by atomic mass is 10.0. The maximum absolute atomic E-state index is 13.4. The lowest BCUT2D eigenvalue weighted by Crippen LogP contribution is -2.34. The number of amides is 1. The molecule has 0 bridgehead atoms. The van der Waals surface area contributed by atoms with E-state index in [2.05, 4.69) is 0 Å². The van der Waals surface area contributed by atoms with Gasteiger partial charge in [0.2, 0.25) is 0 Å². The van der Waals surface area contributed by atoms with Gasteiger partial charge in [0.25, 0.3) is 5.91 Å². The fraction of sp³-hybridized carbons (Fsp3) is 0.250. The highest BCUT2D eigenvalue weighted by molar-refractivity contribution is 6.30. The van der Waals surface area contributed by atoms with Crippen LogP contribution in [0.1, 0.15) is 30.1 Å². The fourth-order valence-electron chi connectivity index (χ4n) is 3.46. The number of carboxylic acid groups (broad SMARTS) is 1. The average Bonchev–Trinajstić information content (AvgIpc) is 2.76. The Morgan fingerprint density at radius 3 is 2.47 bits per heavy atom. The Hall–Kier alpha value is -3.05. The molecule has 3 aromatic rings. The molecule has 6 heteroatoms. The zero-order chi connectivity index (χ0) is 21.7. The predicted octanol–water partition coefficient (Wildman–Crippen LogP) is 5.65. The Bertz CT molecular complexity index is 1050. The maximum Gasteiger partial charge on any atom is 0.306 e. The van der Waals surface area contributed by atoms with Crippen LogP contribution in [0.25, 0.3) is 10.8 Å². The highest BCUT2D eigenvalue weighted by Crippen LogP contribution is 2.32. The van der Waals surface area contributed by atoms with Crippen molar-refractivity contribution in [1.29, 1.82) is 0 Å². The molecule has 0 saturated carbocycles. The summed E-state index contributed by atoms with van der Waals surface area (Å²) in [7, 11) is 1.60. The number of hydrogen-bond acceptors (Lipinski definition) is 3. The number of fused-ring (bicyclic) bond motifs is 1. The molecule has 0 aliphatic rings. The molecule has 1 N–H and O–H groups in total. The molecule has 30 heavy (non-hydrogen) atoms. The van der Waals surface area contributed by atoms with Gasteiger partial charge in [-0.2, -0.15) is 0 Å². The van der Waals surface area contributed by atoms with E-state index < -0.39 is 11.9 Å². The van der Waals surface area contributed by atoms with Crippen molar-refractivity contribution in [1.82, 2.24) is 0 Å². The summed E-state index contributed by atoms with van der Waals surface area (Å²) in [5.41, 5.74) is 1.20. The number of hydrogen-bond donors (Lipinski definition) is 1. The Balaban J connectivity index is 2.06. The summed E-state index contributed by atoms with van der Waals surface area (Å²) in [6.45, 7) is 2.12. The van der Waals surface area contributed by atoms with Crippen molar-refractivity contribution in [3.05, 3.63) is 71.2 Å². The minimum Gasteiger partial charge on any atom is -0.497 e. The number of rotatable bonds is 8. The molecular weight excluding hydrogens is 402 g/mol. The molecule has 0 radical (unpaired) electrons. The maximum atomic E-state index is 13.4. The zero-order valence-electron chi connectivity index (χ0n) is 17.0. The smallest absolute Gasteiger partial charge is 0.306 e. The third-order valence-electron chi connectivity index (χ3n) is 5.24. The molecule has 5 nitrogen and oxygen atoms in total. The lowest BCUT2D eigenvalue weighted by Gasteiger charge is -2.26. The van der Waals surface area contributed by atoms with E-state index in [4.69, 9.17) is 16.3 Å². The van der Waals surface area contributed by atoms with Crippen LogP contribution in [0.3, 0.4) is 0 Å². The third-order valence-corrected chi connectivity index (χ3v) is 5.49. The van der Waals surface area contributed by atoms with Crippen molar-refractivity contribution in [2.24, 2.45) is 5.92 Å². The summed E-state index contributed by atoms with van der Waals surface area (Å²) in [6, 6.07) is 18.1. The van der Waals surface area contributed by atoms with Crippen LogP contribution in [0.15, 0.2) is 60.7 Å². The molecule has 0 saturated heterocycles. The van der Waals surface area contributed by atoms with Gasteiger partial charge in [0.15, 0.2) is 0 Å². The van der Waals surface area contributed by atoms with Crippen LogP contribution in [0.4, 0.5) is 5.69 Å². The van der Waals surface area contributed by atoms with Crippen molar-refractivity contribution in [2.75, 3.05) is 18.6 Å².